The maximum atomic E-state index is 8.90. The van der Waals surface area contributed by atoms with Crippen molar-refractivity contribution in [2.24, 2.45) is 10.9 Å². The van der Waals surface area contributed by atoms with Crippen molar-refractivity contribution in [1.29, 1.82) is 0 Å². The molecule has 2 rings (SSSR count). The molecule has 0 amide bonds. The number of aromatic nitrogens is 2. The van der Waals surface area contributed by atoms with E-state index >= 15 is 0 Å². The molecule has 0 atom stereocenters. The molecule has 0 unspecified atom stereocenters. The van der Waals surface area contributed by atoms with Crippen LogP contribution < -0.4 is 10.6 Å². The first kappa shape index (κ1) is 16.0. The summed E-state index contributed by atoms with van der Waals surface area (Å²) in [5, 5.41) is 13.0. The van der Waals surface area contributed by atoms with Crippen LogP contribution in [0.15, 0.2) is 5.16 Å². The van der Waals surface area contributed by atoms with Crippen LogP contribution in [-0.4, -0.2) is 57.0 Å². The topological polar surface area (TPSA) is 90.9 Å². The Morgan fingerprint density at radius 1 is 1.33 bits per heavy atom. The zero-order valence-corrected chi connectivity index (χ0v) is 13.9. The largest absolute Gasteiger partial charge is 0.409 e. The van der Waals surface area contributed by atoms with Crippen LogP contribution in [0.4, 0.5) is 5.13 Å². The van der Waals surface area contributed by atoms with Crippen LogP contribution in [0.3, 0.4) is 0 Å². The summed E-state index contributed by atoms with van der Waals surface area (Å²) < 4.78 is 4.40. The summed E-state index contributed by atoms with van der Waals surface area (Å²) in [6.45, 7) is 11.6. The molecule has 3 N–H and O–H groups in total. The van der Waals surface area contributed by atoms with Crippen LogP contribution in [0.25, 0.3) is 0 Å². The second-order valence-corrected chi connectivity index (χ2v) is 6.84. The molecule has 0 radical (unpaired) electrons. The van der Waals surface area contributed by atoms with Gasteiger partial charge in [0.05, 0.1) is 5.54 Å². The fraction of sp³-hybridized carbons (Fsp3) is 0.769. The Bertz CT molecular complexity index is 505. The Kier molecular flexibility index (Phi) is 4.67. The van der Waals surface area contributed by atoms with Gasteiger partial charge in [0.2, 0.25) is 5.13 Å². The van der Waals surface area contributed by atoms with Gasteiger partial charge in [0, 0.05) is 43.6 Å². The van der Waals surface area contributed by atoms with Gasteiger partial charge in [0.15, 0.2) is 5.84 Å². The highest BCUT2D eigenvalue weighted by atomic mass is 32.1. The van der Waals surface area contributed by atoms with Crippen molar-refractivity contribution in [2.45, 2.75) is 39.2 Å². The maximum absolute atomic E-state index is 8.90. The van der Waals surface area contributed by atoms with Gasteiger partial charge in [-0.2, -0.15) is 4.37 Å². The number of oxime groups is 1. The number of nitrogens with two attached hydrogens (primary N) is 1. The summed E-state index contributed by atoms with van der Waals surface area (Å²) in [6.07, 6.45) is 0. The second-order valence-electron chi connectivity index (χ2n) is 6.11. The van der Waals surface area contributed by atoms with E-state index in [9.17, 15) is 0 Å². The highest BCUT2D eigenvalue weighted by Crippen LogP contribution is 2.24. The van der Waals surface area contributed by atoms with Crippen LogP contribution in [0.5, 0.6) is 0 Å². The second kappa shape index (κ2) is 6.15. The molecule has 0 saturated carbocycles. The molecule has 1 aromatic heterocycles. The van der Waals surface area contributed by atoms with Gasteiger partial charge in [-0.15, -0.1) is 0 Å². The predicted octanol–water partition coefficient (Wildman–Crippen LogP) is 1.31. The van der Waals surface area contributed by atoms with Crippen molar-refractivity contribution in [3.05, 3.63) is 5.82 Å². The van der Waals surface area contributed by atoms with Gasteiger partial charge in [-0.05, 0) is 13.8 Å². The van der Waals surface area contributed by atoms with Gasteiger partial charge in [-0.25, -0.2) is 4.98 Å². The van der Waals surface area contributed by atoms with Gasteiger partial charge >= 0.3 is 0 Å². The SMILES string of the molecule is CC(C)c1nsc(N2CCN(C(C)(C)C(N)=NO)CC2)n1. The summed E-state index contributed by atoms with van der Waals surface area (Å²) in [5.74, 6) is 1.51. The normalized spacial score (nSPS) is 18.5. The van der Waals surface area contributed by atoms with Crippen LogP contribution in [0.2, 0.25) is 0 Å². The molecule has 118 valence electrons. The minimum Gasteiger partial charge on any atom is -0.409 e. The van der Waals surface area contributed by atoms with Crippen LogP contribution in [0, 0.1) is 0 Å². The zero-order chi connectivity index (χ0) is 15.6. The first-order valence-electron chi connectivity index (χ1n) is 7.18. The first-order chi connectivity index (χ1) is 9.86. The number of piperazine rings is 1. The van der Waals surface area contributed by atoms with Crippen molar-refractivity contribution in [2.75, 3.05) is 31.1 Å². The summed E-state index contributed by atoms with van der Waals surface area (Å²) in [4.78, 5) is 9.08. The van der Waals surface area contributed by atoms with E-state index in [2.05, 4.69) is 38.2 Å². The molecule has 0 bridgehead atoms. The monoisotopic (exact) mass is 312 g/mol. The average molecular weight is 312 g/mol. The lowest BCUT2D eigenvalue weighted by atomic mass is 10.0. The van der Waals surface area contributed by atoms with Gasteiger partial charge in [0.25, 0.3) is 0 Å². The van der Waals surface area contributed by atoms with Gasteiger partial charge in [-0.1, -0.05) is 19.0 Å². The Balaban J connectivity index is 2.00. The molecule has 7 nitrogen and oxygen atoms in total. The Labute approximate surface area is 129 Å². The number of nitrogens with zero attached hydrogens (tertiary/aromatic N) is 5. The molecular weight excluding hydrogens is 288 g/mol. The molecule has 1 saturated heterocycles. The molecule has 1 aromatic rings. The predicted molar refractivity (Wildman–Crippen MR) is 85.3 cm³/mol. The van der Waals surface area contributed by atoms with Crippen molar-refractivity contribution in [3.63, 3.8) is 0 Å². The third-order valence-corrected chi connectivity index (χ3v) is 4.81. The van der Waals surface area contributed by atoms with Crippen molar-refractivity contribution < 1.29 is 5.21 Å². The summed E-state index contributed by atoms with van der Waals surface area (Å²) in [7, 11) is 0. The molecular formula is C13H24N6OS. The van der Waals surface area contributed by atoms with E-state index in [1.807, 2.05) is 13.8 Å². The Morgan fingerprint density at radius 2 is 1.95 bits per heavy atom. The summed E-state index contributed by atoms with van der Waals surface area (Å²) >= 11 is 1.46. The maximum Gasteiger partial charge on any atom is 0.205 e. The molecule has 8 heteroatoms. The third kappa shape index (κ3) is 3.26. The first-order valence-corrected chi connectivity index (χ1v) is 7.95. The Hall–Kier alpha value is -1.41. The van der Waals surface area contributed by atoms with E-state index in [-0.39, 0.29) is 5.84 Å². The molecule has 1 aliphatic heterocycles. The average Bonchev–Trinajstić information content (AvgIpc) is 2.96. The summed E-state index contributed by atoms with van der Waals surface area (Å²) in [6, 6.07) is 0. The standard InChI is InChI=1S/C13H24N6OS/c1-9(2)10-15-12(21-17-10)18-5-7-19(8-6-18)13(3,4)11(14)16-20/h9,20H,5-8H2,1-4H3,(H2,14,16). The number of rotatable bonds is 4. The quantitative estimate of drug-likeness (QED) is 0.377. The van der Waals surface area contributed by atoms with Crippen molar-refractivity contribution in [3.8, 4) is 0 Å². The van der Waals surface area contributed by atoms with Crippen LogP contribution >= 0.6 is 11.5 Å². The van der Waals surface area contributed by atoms with E-state index < -0.39 is 5.54 Å². The number of hydrogen-bond donors (Lipinski definition) is 2. The molecule has 0 spiro atoms. The molecule has 0 aromatic carbocycles. The highest BCUT2D eigenvalue weighted by molar-refractivity contribution is 7.09. The lowest BCUT2D eigenvalue weighted by Gasteiger charge is -2.43. The smallest absolute Gasteiger partial charge is 0.205 e. The Morgan fingerprint density at radius 3 is 2.43 bits per heavy atom. The van der Waals surface area contributed by atoms with Crippen LogP contribution in [-0.2, 0) is 0 Å². The van der Waals surface area contributed by atoms with E-state index in [1.165, 1.54) is 11.5 Å². The molecule has 2 heterocycles. The highest BCUT2D eigenvalue weighted by Gasteiger charge is 2.34. The number of hydrogen-bond acceptors (Lipinski definition) is 7. The lowest BCUT2D eigenvalue weighted by Crippen LogP contribution is -2.59. The van der Waals surface area contributed by atoms with Crippen molar-refractivity contribution >= 4 is 22.5 Å². The van der Waals surface area contributed by atoms with Gasteiger partial charge < -0.3 is 15.8 Å². The minimum absolute atomic E-state index is 0.244. The summed E-state index contributed by atoms with van der Waals surface area (Å²) in [5.41, 5.74) is 5.35. The molecule has 0 aliphatic carbocycles. The fourth-order valence-corrected chi connectivity index (χ4v) is 3.19. The van der Waals surface area contributed by atoms with E-state index in [0.717, 1.165) is 37.1 Å². The van der Waals surface area contributed by atoms with Crippen molar-refractivity contribution in [1.82, 2.24) is 14.3 Å². The van der Waals surface area contributed by atoms with Gasteiger partial charge in [0.1, 0.15) is 5.82 Å². The van der Waals surface area contributed by atoms with E-state index in [0.29, 0.717) is 5.92 Å². The molecule has 1 fully saturated rings. The number of amidine groups is 1. The van der Waals surface area contributed by atoms with Crippen LogP contribution in [0.1, 0.15) is 39.4 Å². The van der Waals surface area contributed by atoms with Gasteiger partial charge in [-0.3, -0.25) is 4.90 Å². The zero-order valence-electron chi connectivity index (χ0n) is 13.1. The number of anilines is 1. The molecule has 1 aliphatic rings. The minimum atomic E-state index is -0.439. The fourth-order valence-electron chi connectivity index (χ4n) is 2.33. The lowest BCUT2D eigenvalue weighted by molar-refractivity contribution is 0.161. The third-order valence-electron chi connectivity index (χ3n) is 4.02. The van der Waals surface area contributed by atoms with E-state index in [1.54, 1.807) is 0 Å². The molecule has 21 heavy (non-hydrogen) atoms. The van der Waals surface area contributed by atoms with E-state index in [4.69, 9.17) is 10.9 Å².